The Morgan fingerprint density at radius 1 is 0.750 bits per heavy atom. The van der Waals surface area contributed by atoms with Gasteiger partial charge < -0.3 is 4.74 Å². The molecule has 0 unspecified atom stereocenters. The number of carbonyl (C=O) groups excluding carboxylic acids is 3. The number of hydrogen-bond acceptors (Lipinski definition) is 4. The fourth-order valence-corrected chi connectivity index (χ4v) is 2.68. The van der Waals surface area contributed by atoms with Gasteiger partial charge in [-0.2, -0.15) is 0 Å². The number of ether oxygens (including phenoxy) is 1. The molecule has 3 aromatic carbocycles. The van der Waals surface area contributed by atoms with E-state index in [1.165, 1.54) is 18.2 Å². The smallest absolute Gasteiger partial charge is 0.336 e. The molecule has 0 aliphatic carbocycles. The monoisotopic (exact) mass is 426 g/mol. The molecular weight excluding hydrogens is 404 g/mol. The summed E-state index contributed by atoms with van der Waals surface area (Å²) >= 11 is 0. The Kier molecular flexibility index (Phi) is 7.70. The molecule has 2 amide bonds. The number of aryl methyl sites for hydroxylation is 1. The third kappa shape index (κ3) is 6.81. The maximum absolute atomic E-state index is 12.1. The van der Waals surface area contributed by atoms with Crippen molar-refractivity contribution in [3.05, 3.63) is 113 Å². The summed E-state index contributed by atoms with van der Waals surface area (Å²) in [6, 6.07) is 23.2. The Bertz CT molecular complexity index is 1150. The van der Waals surface area contributed by atoms with Gasteiger partial charge in [-0.15, -0.1) is 0 Å². The van der Waals surface area contributed by atoms with Crippen LogP contribution in [-0.2, 0) is 9.59 Å². The number of carbonyl (C=O) groups is 3. The first-order valence-corrected chi connectivity index (χ1v) is 9.90. The largest absolute Gasteiger partial charge is 0.423 e. The molecule has 6 nitrogen and oxygen atoms in total. The highest BCUT2D eigenvalue weighted by Crippen LogP contribution is 2.20. The second-order valence-electron chi connectivity index (χ2n) is 6.85. The van der Waals surface area contributed by atoms with Crippen molar-refractivity contribution in [1.82, 2.24) is 10.9 Å². The van der Waals surface area contributed by atoms with E-state index in [1.54, 1.807) is 42.5 Å². The molecule has 32 heavy (non-hydrogen) atoms. The maximum atomic E-state index is 12.1. The van der Waals surface area contributed by atoms with Gasteiger partial charge in [0.2, 0.25) is 0 Å². The molecule has 3 aromatic rings. The van der Waals surface area contributed by atoms with Crippen LogP contribution in [0.4, 0.5) is 0 Å². The van der Waals surface area contributed by atoms with E-state index in [-0.39, 0.29) is 0 Å². The molecule has 0 aliphatic heterocycles. The van der Waals surface area contributed by atoms with Gasteiger partial charge in [-0.3, -0.25) is 20.4 Å². The molecule has 6 heteroatoms. The molecule has 160 valence electrons. The predicted molar refractivity (Wildman–Crippen MR) is 123 cm³/mol. The van der Waals surface area contributed by atoms with Crippen molar-refractivity contribution in [3.8, 4) is 5.75 Å². The van der Waals surface area contributed by atoms with Gasteiger partial charge in [0.25, 0.3) is 11.8 Å². The van der Waals surface area contributed by atoms with Crippen molar-refractivity contribution < 1.29 is 19.1 Å². The quantitative estimate of drug-likeness (QED) is 0.269. The summed E-state index contributed by atoms with van der Waals surface area (Å²) in [6.07, 6.45) is 5.73. The summed E-state index contributed by atoms with van der Waals surface area (Å²) in [6.45, 7) is 1.92. The van der Waals surface area contributed by atoms with Gasteiger partial charge in [0.05, 0.1) is 0 Å². The van der Waals surface area contributed by atoms with Gasteiger partial charge in [0, 0.05) is 23.3 Å². The zero-order valence-corrected chi connectivity index (χ0v) is 17.4. The van der Waals surface area contributed by atoms with Gasteiger partial charge in [-0.05, 0) is 42.8 Å². The molecule has 0 saturated heterocycles. The Balaban J connectivity index is 1.57. The van der Waals surface area contributed by atoms with E-state index in [2.05, 4.69) is 10.9 Å². The lowest BCUT2D eigenvalue weighted by molar-refractivity contribution is -0.128. The number of para-hydroxylation sites is 1. The number of benzene rings is 3. The number of rotatable bonds is 6. The molecule has 0 spiro atoms. The van der Waals surface area contributed by atoms with Crippen molar-refractivity contribution in [3.63, 3.8) is 0 Å². The minimum absolute atomic E-state index is 0.308. The standard InChI is InChI=1S/C26H22N2O4/c1-19-11-14-22(15-12-19)26(31)28-27-24(29)17-16-21-9-5-6-10-23(21)32-25(30)18-13-20-7-3-2-4-8-20/h2-18H,1H3,(H,27,29)(H,28,31)/b17-16+,18-13+. The number of hydrazine groups is 1. The molecule has 0 fully saturated rings. The third-order valence-electron chi connectivity index (χ3n) is 4.37. The van der Waals surface area contributed by atoms with Crippen molar-refractivity contribution >= 4 is 29.9 Å². The van der Waals surface area contributed by atoms with E-state index in [1.807, 2.05) is 49.4 Å². The fourth-order valence-electron chi connectivity index (χ4n) is 2.68. The molecular formula is C26H22N2O4. The van der Waals surface area contributed by atoms with Crippen LogP contribution in [-0.4, -0.2) is 17.8 Å². The van der Waals surface area contributed by atoms with Crippen LogP contribution in [0.2, 0.25) is 0 Å². The van der Waals surface area contributed by atoms with Gasteiger partial charge >= 0.3 is 5.97 Å². The summed E-state index contributed by atoms with van der Waals surface area (Å²) in [7, 11) is 0. The topological polar surface area (TPSA) is 84.5 Å². The summed E-state index contributed by atoms with van der Waals surface area (Å²) < 4.78 is 5.39. The van der Waals surface area contributed by atoms with E-state index in [9.17, 15) is 14.4 Å². The summed E-state index contributed by atoms with van der Waals surface area (Å²) in [4.78, 5) is 36.3. The molecule has 3 rings (SSSR count). The lowest BCUT2D eigenvalue weighted by atomic mass is 10.1. The molecule has 0 saturated carbocycles. The predicted octanol–water partition coefficient (Wildman–Crippen LogP) is 4.09. The van der Waals surface area contributed by atoms with Crippen LogP contribution < -0.4 is 15.6 Å². The van der Waals surface area contributed by atoms with Crippen molar-refractivity contribution in [2.75, 3.05) is 0 Å². The zero-order valence-electron chi connectivity index (χ0n) is 17.4. The second kappa shape index (κ2) is 11.1. The highest BCUT2D eigenvalue weighted by atomic mass is 16.5. The van der Waals surface area contributed by atoms with Gasteiger partial charge in [-0.25, -0.2) is 4.79 Å². The Hall–Kier alpha value is -4.45. The SMILES string of the molecule is Cc1ccc(C(=O)NNC(=O)/C=C/c2ccccc2OC(=O)/C=C/c2ccccc2)cc1. The Morgan fingerprint density at radius 2 is 1.44 bits per heavy atom. The zero-order chi connectivity index (χ0) is 22.8. The van der Waals surface area contributed by atoms with Crippen LogP contribution >= 0.6 is 0 Å². The average Bonchev–Trinajstić information content (AvgIpc) is 2.82. The molecule has 0 radical (unpaired) electrons. The summed E-state index contributed by atoms with van der Waals surface area (Å²) in [5, 5.41) is 0. The Morgan fingerprint density at radius 3 is 2.19 bits per heavy atom. The molecule has 0 atom stereocenters. The highest BCUT2D eigenvalue weighted by molar-refractivity contribution is 5.98. The number of hydrogen-bond donors (Lipinski definition) is 2. The number of nitrogens with one attached hydrogen (secondary N) is 2. The van der Waals surface area contributed by atoms with E-state index in [0.717, 1.165) is 11.1 Å². The fraction of sp³-hybridized carbons (Fsp3) is 0.0385. The van der Waals surface area contributed by atoms with E-state index in [0.29, 0.717) is 16.9 Å². The van der Waals surface area contributed by atoms with E-state index in [4.69, 9.17) is 4.74 Å². The molecule has 0 aromatic heterocycles. The minimum Gasteiger partial charge on any atom is -0.423 e. The van der Waals surface area contributed by atoms with Crippen LogP contribution in [0.15, 0.2) is 91.0 Å². The van der Waals surface area contributed by atoms with Crippen LogP contribution in [0.3, 0.4) is 0 Å². The minimum atomic E-state index is -0.537. The molecule has 0 heterocycles. The highest BCUT2D eigenvalue weighted by Gasteiger charge is 2.07. The number of esters is 1. The first-order chi connectivity index (χ1) is 15.5. The molecule has 0 aliphatic rings. The van der Waals surface area contributed by atoms with Gasteiger partial charge in [-0.1, -0.05) is 66.2 Å². The van der Waals surface area contributed by atoms with Crippen LogP contribution in [0, 0.1) is 6.92 Å². The first-order valence-electron chi connectivity index (χ1n) is 9.90. The van der Waals surface area contributed by atoms with E-state index < -0.39 is 17.8 Å². The average molecular weight is 426 g/mol. The lowest BCUT2D eigenvalue weighted by Gasteiger charge is -2.07. The van der Waals surface area contributed by atoms with E-state index >= 15 is 0 Å². The number of amides is 2. The van der Waals surface area contributed by atoms with Crippen LogP contribution in [0.25, 0.3) is 12.2 Å². The lowest BCUT2D eigenvalue weighted by Crippen LogP contribution is -2.40. The van der Waals surface area contributed by atoms with Crippen LogP contribution in [0.5, 0.6) is 5.75 Å². The molecule has 2 N–H and O–H groups in total. The van der Waals surface area contributed by atoms with Gasteiger partial charge in [0.15, 0.2) is 0 Å². The van der Waals surface area contributed by atoms with Gasteiger partial charge in [0.1, 0.15) is 5.75 Å². The first kappa shape index (κ1) is 22.2. The van der Waals surface area contributed by atoms with Crippen molar-refractivity contribution in [2.45, 2.75) is 6.92 Å². The van der Waals surface area contributed by atoms with Crippen LogP contribution in [0.1, 0.15) is 27.0 Å². The summed E-state index contributed by atoms with van der Waals surface area (Å²) in [5.41, 5.74) is 7.54. The molecule has 0 bridgehead atoms. The maximum Gasteiger partial charge on any atom is 0.336 e. The van der Waals surface area contributed by atoms with Crippen molar-refractivity contribution in [1.29, 1.82) is 0 Å². The van der Waals surface area contributed by atoms with Crippen molar-refractivity contribution in [2.24, 2.45) is 0 Å². The summed E-state index contributed by atoms with van der Waals surface area (Å²) in [5.74, 6) is -1.19. The second-order valence-corrected chi connectivity index (χ2v) is 6.85. The normalized spacial score (nSPS) is 10.8. The third-order valence-corrected chi connectivity index (χ3v) is 4.37. The Labute approximate surface area is 186 Å².